The molecule has 4 heteroatoms. The molecule has 3 nitrogen and oxygen atoms in total. The van der Waals surface area contributed by atoms with Gasteiger partial charge in [0, 0.05) is 29.3 Å². The first kappa shape index (κ1) is 13.7. The number of carbonyl (C=O) groups is 1. The largest absolute Gasteiger partial charge is 0.294 e. The Morgan fingerprint density at radius 1 is 1.38 bits per heavy atom. The van der Waals surface area contributed by atoms with E-state index >= 15 is 0 Å². The number of benzene rings is 1. The molecule has 1 heterocycles. The van der Waals surface area contributed by atoms with E-state index in [4.69, 9.17) is 0 Å². The molecule has 0 bridgehead atoms. The van der Waals surface area contributed by atoms with Crippen LogP contribution < -0.4 is 0 Å². The Morgan fingerprint density at radius 3 is 2.90 bits per heavy atom. The van der Waals surface area contributed by atoms with Crippen LogP contribution in [0.2, 0.25) is 0 Å². The highest BCUT2D eigenvalue weighted by Crippen LogP contribution is 2.42. The average Bonchev–Trinajstić information content (AvgIpc) is 2.46. The summed E-state index contributed by atoms with van der Waals surface area (Å²) in [5.41, 5.74) is 2.78. The SMILES string of the molecule is CC1=NC2=C(C(=O)CCC2)C(c2cccc(F)c2)C1C#N. The summed E-state index contributed by atoms with van der Waals surface area (Å²) in [6.45, 7) is 1.81. The van der Waals surface area contributed by atoms with Crippen LogP contribution >= 0.6 is 0 Å². The van der Waals surface area contributed by atoms with Crippen molar-refractivity contribution in [1.29, 1.82) is 5.26 Å². The molecule has 1 aromatic carbocycles. The van der Waals surface area contributed by atoms with Crippen LogP contribution in [0.4, 0.5) is 4.39 Å². The molecule has 2 unspecified atom stereocenters. The summed E-state index contributed by atoms with van der Waals surface area (Å²) >= 11 is 0. The number of hydrogen-bond acceptors (Lipinski definition) is 3. The van der Waals surface area contributed by atoms with Crippen molar-refractivity contribution in [1.82, 2.24) is 0 Å². The Bertz CT molecular complexity index is 712. The summed E-state index contributed by atoms with van der Waals surface area (Å²) in [5, 5.41) is 9.48. The van der Waals surface area contributed by atoms with Crippen molar-refractivity contribution in [2.24, 2.45) is 10.9 Å². The second-order valence-electron chi connectivity index (χ2n) is 5.53. The molecular weight excluding hydrogens is 267 g/mol. The second-order valence-corrected chi connectivity index (χ2v) is 5.53. The predicted molar refractivity (Wildman–Crippen MR) is 77.2 cm³/mol. The van der Waals surface area contributed by atoms with Crippen molar-refractivity contribution in [2.75, 3.05) is 0 Å². The van der Waals surface area contributed by atoms with Gasteiger partial charge in [-0.15, -0.1) is 0 Å². The van der Waals surface area contributed by atoms with Crippen LogP contribution in [-0.4, -0.2) is 11.5 Å². The van der Waals surface area contributed by atoms with E-state index in [0.29, 0.717) is 23.3 Å². The molecule has 2 aliphatic rings. The van der Waals surface area contributed by atoms with Crippen molar-refractivity contribution in [2.45, 2.75) is 32.1 Å². The highest BCUT2D eigenvalue weighted by Gasteiger charge is 2.38. The maximum absolute atomic E-state index is 13.6. The minimum atomic E-state index is -0.507. The molecular formula is C17H15FN2O. The lowest BCUT2D eigenvalue weighted by Crippen LogP contribution is -2.30. The van der Waals surface area contributed by atoms with Crippen LogP contribution in [-0.2, 0) is 4.79 Å². The van der Waals surface area contributed by atoms with E-state index in [9.17, 15) is 14.4 Å². The van der Waals surface area contributed by atoms with Crippen molar-refractivity contribution < 1.29 is 9.18 Å². The molecule has 2 atom stereocenters. The lowest BCUT2D eigenvalue weighted by Gasteiger charge is -2.32. The minimum absolute atomic E-state index is 0.0435. The molecule has 21 heavy (non-hydrogen) atoms. The Balaban J connectivity index is 2.19. The van der Waals surface area contributed by atoms with Crippen molar-refractivity contribution in [3.63, 3.8) is 0 Å². The van der Waals surface area contributed by atoms with Gasteiger partial charge in [-0.1, -0.05) is 12.1 Å². The second kappa shape index (κ2) is 5.25. The lowest BCUT2D eigenvalue weighted by atomic mass is 9.72. The van der Waals surface area contributed by atoms with Gasteiger partial charge < -0.3 is 0 Å². The van der Waals surface area contributed by atoms with Gasteiger partial charge in [-0.05, 0) is 37.5 Å². The molecule has 0 saturated carbocycles. The quantitative estimate of drug-likeness (QED) is 0.791. The summed E-state index contributed by atoms with van der Waals surface area (Å²) in [7, 11) is 0. The molecule has 0 fully saturated rings. The maximum atomic E-state index is 13.6. The zero-order chi connectivity index (χ0) is 15.0. The number of Topliss-reactive ketones (excluding diaryl/α,β-unsaturated/α-hetero) is 1. The summed E-state index contributed by atoms with van der Waals surface area (Å²) in [5.74, 6) is -1.21. The van der Waals surface area contributed by atoms with E-state index in [1.807, 2.05) is 6.92 Å². The molecule has 0 saturated heterocycles. The monoisotopic (exact) mass is 282 g/mol. The van der Waals surface area contributed by atoms with E-state index in [0.717, 1.165) is 18.5 Å². The van der Waals surface area contributed by atoms with E-state index in [2.05, 4.69) is 11.1 Å². The Kier molecular flexibility index (Phi) is 3.42. The molecule has 0 amide bonds. The molecule has 1 aliphatic heterocycles. The van der Waals surface area contributed by atoms with Crippen LogP contribution in [0.25, 0.3) is 0 Å². The first-order valence-corrected chi connectivity index (χ1v) is 7.08. The highest BCUT2D eigenvalue weighted by molar-refractivity contribution is 6.02. The fraction of sp³-hybridized carbons (Fsp3) is 0.353. The van der Waals surface area contributed by atoms with Gasteiger partial charge >= 0.3 is 0 Å². The molecule has 1 aliphatic carbocycles. The summed E-state index contributed by atoms with van der Waals surface area (Å²) in [6, 6.07) is 8.42. The average molecular weight is 282 g/mol. The van der Waals surface area contributed by atoms with E-state index in [-0.39, 0.29) is 11.6 Å². The van der Waals surface area contributed by atoms with Crippen molar-refractivity contribution in [3.8, 4) is 6.07 Å². The minimum Gasteiger partial charge on any atom is -0.294 e. The first-order valence-electron chi connectivity index (χ1n) is 7.08. The van der Waals surface area contributed by atoms with Gasteiger partial charge in [0.05, 0.1) is 12.0 Å². The predicted octanol–water partition coefficient (Wildman–Crippen LogP) is 3.53. The number of nitriles is 1. The first-order chi connectivity index (χ1) is 10.1. The number of halogens is 1. The molecule has 0 aromatic heterocycles. The molecule has 0 N–H and O–H groups in total. The van der Waals surface area contributed by atoms with Crippen LogP contribution in [0.3, 0.4) is 0 Å². The number of carbonyl (C=O) groups excluding carboxylic acids is 1. The fourth-order valence-electron chi connectivity index (χ4n) is 3.23. The maximum Gasteiger partial charge on any atom is 0.161 e. The molecule has 106 valence electrons. The van der Waals surface area contributed by atoms with Gasteiger partial charge in [0.25, 0.3) is 0 Å². The van der Waals surface area contributed by atoms with E-state index < -0.39 is 11.8 Å². The van der Waals surface area contributed by atoms with Gasteiger partial charge in [0.2, 0.25) is 0 Å². The number of nitrogens with zero attached hydrogens (tertiary/aromatic N) is 2. The number of ketones is 1. The fourth-order valence-corrected chi connectivity index (χ4v) is 3.23. The third-order valence-electron chi connectivity index (χ3n) is 4.18. The van der Waals surface area contributed by atoms with E-state index in [1.54, 1.807) is 12.1 Å². The molecule has 0 spiro atoms. The number of aliphatic imine (C=N–C) groups is 1. The summed E-state index contributed by atoms with van der Waals surface area (Å²) < 4.78 is 13.6. The topological polar surface area (TPSA) is 53.2 Å². The normalized spacial score (nSPS) is 25.2. The van der Waals surface area contributed by atoms with Gasteiger partial charge in [-0.25, -0.2) is 4.39 Å². The van der Waals surface area contributed by atoms with Crippen LogP contribution in [0, 0.1) is 23.1 Å². The summed E-state index contributed by atoms with van der Waals surface area (Å²) in [6.07, 6.45) is 2.03. The van der Waals surface area contributed by atoms with E-state index in [1.165, 1.54) is 12.1 Å². The summed E-state index contributed by atoms with van der Waals surface area (Å²) in [4.78, 5) is 16.8. The number of allylic oxidation sites excluding steroid dienone is 2. The van der Waals surface area contributed by atoms with Crippen molar-refractivity contribution in [3.05, 3.63) is 46.9 Å². The van der Waals surface area contributed by atoms with Crippen LogP contribution in [0.15, 0.2) is 40.5 Å². The number of rotatable bonds is 1. The molecule has 0 radical (unpaired) electrons. The van der Waals surface area contributed by atoms with Gasteiger partial charge in [0.15, 0.2) is 5.78 Å². The zero-order valence-electron chi connectivity index (χ0n) is 11.8. The van der Waals surface area contributed by atoms with Gasteiger partial charge in [-0.2, -0.15) is 5.26 Å². The Morgan fingerprint density at radius 2 is 2.19 bits per heavy atom. The third kappa shape index (κ3) is 2.29. The third-order valence-corrected chi connectivity index (χ3v) is 4.18. The van der Waals surface area contributed by atoms with Gasteiger partial charge in [0.1, 0.15) is 5.82 Å². The van der Waals surface area contributed by atoms with Crippen LogP contribution in [0.1, 0.15) is 37.7 Å². The lowest BCUT2D eigenvalue weighted by molar-refractivity contribution is -0.116. The smallest absolute Gasteiger partial charge is 0.161 e. The Hall–Kier alpha value is -2.28. The molecule has 1 aromatic rings. The van der Waals surface area contributed by atoms with Crippen LogP contribution in [0.5, 0.6) is 0 Å². The van der Waals surface area contributed by atoms with Gasteiger partial charge in [-0.3, -0.25) is 9.79 Å². The zero-order valence-corrected chi connectivity index (χ0v) is 11.8. The standard InChI is InChI=1S/C17H15FN2O/c1-10-13(9-19)16(11-4-2-5-12(18)8-11)17-14(20-10)6-3-7-15(17)21/h2,4-5,8,13,16H,3,6-7H2,1H3. The number of hydrogen-bond donors (Lipinski definition) is 0. The van der Waals surface area contributed by atoms with Crippen molar-refractivity contribution >= 4 is 11.5 Å². The highest BCUT2D eigenvalue weighted by atomic mass is 19.1. The Labute approximate surface area is 122 Å². The molecule has 3 rings (SSSR count).